The second-order valence-electron chi connectivity index (χ2n) is 19.0. The zero-order valence-electron chi connectivity index (χ0n) is 42.6. The summed E-state index contributed by atoms with van der Waals surface area (Å²) in [7, 11) is 0. The van der Waals surface area contributed by atoms with E-state index in [1.165, 1.54) is 82.9 Å². The maximum absolute atomic E-state index is 4.60. The number of fused-ring (bicyclic) bond motifs is 3. The van der Waals surface area contributed by atoms with E-state index >= 15 is 0 Å². The Morgan fingerprint density at radius 3 is 2.24 bits per heavy atom. The highest BCUT2D eigenvalue weighted by molar-refractivity contribution is 5.96. The lowest BCUT2D eigenvalue weighted by molar-refractivity contribution is 0.575. The summed E-state index contributed by atoms with van der Waals surface area (Å²) in [6, 6.07) is 42.4. The van der Waals surface area contributed by atoms with Crippen molar-refractivity contribution in [1.82, 2.24) is 13.7 Å². The molecule has 0 radical (unpaired) electrons. The molecule has 8 aromatic rings. The van der Waals surface area contributed by atoms with Crippen LogP contribution in [0.25, 0.3) is 49.7 Å². The molecule has 4 heteroatoms. The van der Waals surface area contributed by atoms with Crippen molar-refractivity contribution >= 4 is 44.0 Å². The van der Waals surface area contributed by atoms with Gasteiger partial charge in [0.05, 0.1) is 17.1 Å². The van der Waals surface area contributed by atoms with E-state index in [4.69, 9.17) is 0 Å². The Morgan fingerprint density at radius 1 is 0.746 bits per heavy atom. The topological polar surface area (TPSA) is 18.0 Å². The van der Waals surface area contributed by atoms with Crippen molar-refractivity contribution in [2.45, 2.75) is 79.7 Å². The van der Waals surface area contributed by atoms with Crippen LogP contribution in [0.15, 0.2) is 231 Å². The molecule has 0 saturated carbocycles. The van der Waals surface area contributed by atoms with Gasteiger partial charge in [-0.3, -0.25) is 0 Å². The second-order valence-corrected chi connectivity index (χ2v) is 19.0. The SMILES string of the molecule is C=CCc1ccccc1N(CC=C)C(/C=C\C(=C)Cc1ccc2c(c1)c(/C(C)=C(\C=C/C)C1=C/CCC(n3cc(C)c4ccccc43)C=CC\1)cn2-c1ccc(-n2c(C)c(C)c3ccccc32)cc1)=C/C. The van der Waals surface area contributed by atoms with E-state index in [1.54, 1.807) is 0 Å². The first-order valence-corrected chi connectivity index (χ1v) is 25.3. The van der Waals surface area contributed by atoms with Crippen LogP contribution in [0.3, 0.4) is 0 Å². The van der Waals surface area contributed by atoms with E-state index in [9.17, 15) is 0 Å². The van der Waals surface area contributed by atoms with Crippen molar-refractivity contribution in [3.05, 3.63) is 264 Å². The molecular formula is C67H68N4. The summed E-state index contributed by atoms with van der Waals surface area (Å²) >= 11 is 0. The van der Waals surface area contributed by atoms with E-state index < -0.39 is 0 Å². The average molecular weight is 929 g/mol. The summed E-state index contributed by atoms with van der Waals surface area (Å²) in [5.74, 6) is 0. The van der Waals surface area contributed by atoms with Gasteiger partial charge in [0.1, 0.15) is 0 Å². The number of aromatic nitrogens is 3. The van der Waals surface area contributed by atoms with E-state index in [0.29, 0.717) is 12.6 Å². The molecule has 5 aromatic carbocycles. The highest BCUT2D eigenvalue weighted by atomic mass is 15.1. The first-order chi connectivity index (χ1) is 34.6. The lowest BCUT2D eigenvalue weighted by Crippen LogP contribution is -2.22. The predicted molar refractivity (Wildman–Crippen MR) is 307 cm³/mol. The minimum absolute atomic E-state index is 0.313. The summed E-state index contributed by atoms with van der Waals surface area (Å²) in [6.45, 7) is 26.6. The first-order valence-electron chi connectivity index (χ1n) is 25.3. The van der Waals surface area contributed by atoms with Crippen LogP contribution in [0.5, 0.6) is 0 Å². The number of anilines is 1. The highest BCUT2D eigenvalue weighted by Crippen LogP contribution is 2.38. The lowest BCUT2D eigenvalue weighted by atomic mass is 9.90. The quantitative estimate of drug-likeness (QED) is 0.0697. The molecule has 3 aromatic heterocycles. The van der Waals surface area contributed by atoms with E-state index in [-0.39, 0.29) is 0 Å². The van der Waals surface area contributed by atoms with Gasteiger partial charge in [-0.05, 0) is 173 Å². The molecule has 71 heavy (non-hydrogen) atoms. The van der Waals surface area contributed by atoms with Crippen LogP contribution in [-0.4, -0.2) is 20.2 Å². The minimum atomic E-state index is 0.313. The summed E-state index contributed by atoms with van der Waals surface area (Å²) in [5.41, 5.74) is 20.8. The number of hydrogen-bond donors (Lipinski definition) is 0. The van der Waals surface area contributed by atoms with E-state index in [2.05, 4.69) is 256 Å². The minimum Gasteiger partial charge on any atom is -0.340 e. The molecule has 0 saturated heterocycles. The van der Waals surface area contributed by atoms with Crippen LogP contribution >= 0.6 is 0 Å². The van der Waals surface area contributed by atoms with Crippen molar-refractivity contribution in [2.24, 2.45) is 0 Å². The van der Waals surface area contributed by atoms with Gasteiger partial charge in [-0.2, -0.15) is 0 Å². The Bertz CT molecular complexity index is 3490. The number of hydrogen-bond acceptors (Lipinski definition) is 1. The third kappa shape index (κ3) is 9.72. The number of allylic oxidation sites excluding steroid dienone is 13. The Balaban J connectivity index is 1.07. The molecule has 1 unspecified atom stereocenters. The fourth-order valence-electron chi connectivity index (χ4n) is 10.8. The van der Waals surface area contributed by atoms with Crippen molar-refractivity contribution in [1.29, 1.82) is 0 Å². The van der Waals surface area contributed by atoms with Gasteiger partial charge in [-0.25, -0.2) is 0 Å². The fourth-order valence-corrected chi connectivity index (χ4v) is 10.8. The maximum Gasteiger partial charge on any atom is 0.0535 e. The number of para-hydroxylation sites is 3. The van der Waals surface area contributed by atoms with Crippen LogP contribution in [0.1, 0.15) is 79.6 Å². The third-order valence-corrected chi connectivity index (χ3v) is 14.5. The van der Waals surface area contributed by atoms with Crippen LogP contribution in [-0.2, 0) is 12.8 Å². The monoisotopic (exact) mass is 929 g/mol. The zero-order chi connectivity index (χ0) is 49.6. The summed E-state index contributed by atoms with van der Waals surface area (Å²) in [4.78, 5) is 2.31. The molecule has 1 atom stereocenters. The van der Waals surface area contributed by atoms with E-state index in [0.717, 1.165) is 60.4 Å². The van der Waals surface area contributed by atoms with Crippen LogP contribution < -0.4 is 4.90 Å². The lowest BCUT2D eigenvalue weighted by Gasteiger charge is -2.27. The van der Waals surface area contributed by atoms with Gasteiger partial charge in [-0.15, -0.1) is 13.2 Å². The van der Waals surface area contributed by atoms with Crippen molar-refractivity contribution in [2.75, 3.05) is 11.4 Å². The Kier molecular flexibility index (Phi) is 14.6. The predicted octanol–water partition coefficient (Wildman–Crippen LogP) is 17.7. The Hall–Kier alpha value is -7.82. The smallest absolute Gasteiger partial charge is 0.0535 e. The summed E-state index contributed by atoms with van der Waals surface area (Å²) < 4.78 is 7.24. The molecule has 0 spiro atoms. The average Bonchev–Trinajstić information content (AvgIpc) is 4.01. The number of rotatable bonds is 16. The van der Waals surface area contributed by atoms with Gasteiger partial charge in [0.25, 0.3) is 0 Å². The zero-order valence-corrected chi connectivity index (χ0v) is 42.6. The normalized spacial score (nSPS) is 15.6. The standard InChI is InChI=1S/C67H68N4/c1-10-22-54-24-14-17-31-64(54)68(42-12-3)55(13-4)36-34-47(5)43-52-35-41-66-62(44-52)63(46-70(66)57-37-39-58(40-38-57)71-51(9)49(7)61-30-16-19-33-67(61)71)50(8)60(23-11-2)53-25-20-27-56(28-21-26-53)69-45-48(6)59-29-15-18-32-65(59)69/h10-20,23-24,26-27,29-41,44-46,56H,1,3,5,21-22,25,28,42-43H2,2,4,6-9H3/b23-11-,27-20?,36-34-,53-26+,55-13+,60-50+. The first kappa shape index (κ1) is 48.2. The Morgan fingerprint density at radius 2 is 1.48 bits per heavy atom. The number of benzene rings is 5. The number of nitrogens with zero attached hydrogens (tertiary/aromatic N) is 4. The van der Waals surface area contributed by atoms with Crippen molar-refractivity contribution in [3.63, 3.8) is 0 Å². The van der Waals surface area contributed by atoms with Crippen molar-refractivity contribution in [3.8, 4) is 11.4 Å². The van der Waals surface area contributed by atoms with Crippen LogP contribution in [0.4, 0.5) is 5.69 Å². The molecule has 0 bridgehead atoms. The highest BCUT2D eigenvalue weighted by Gasteiger charge is 2.20. The van der Waals surface area contributed by atoms with Gasteiger partial charge in [0, 0.05) is 74.6 Å². The molecule has 0 N–H and O–H groups in total. The molecule has 0 aliphatic heterocycles. The molecule has 0 fully saturated rings. The molecule has 0 amide bonds. The van der Waals surface area contributed by atoms with Gasteiger partial charge in [0.2, 0.25) is 0 Å². The molecule has 1 aliphatic carbocycles. The third-order valence-electron chi connectivity index (χ3n) is 14.5. The largest absolute Gasteiger partial charge is 0.340 e. The van der Waals surface area contributed by atoms with Gasteiger partial charge in [0.15, 0.2) is 0 Å². The molecule has 356 valence electrons. The van der Waals surface area contributed by atoms with Crippen LogP contribution in [0.2, 0.25) is 0 Å². The molecule has 9 rings (SSSR count). The van der Waals surface area contributed by atoms with Crippen LogP contribution in [0, 0.1) is 20.8 Å². The van der Waals surface area contributed by atoms with E-state index in [1.807, 2.05) is 12.2 Å². The number of aryl methyl sites for hydroxylation is 2. The fraction of sp³-hybridized carbons (Fsp3) is 0.194. The van der Waals surface area contributed by atoms with Gasteiger partial charge < -0.3 is 18.6 Å². The maximum atomic E-state index is 4.60. The van der Waals surface area contributed by atoms with Gasteiger partial charge in [-0.1, -0.05) is 127 Å². The molecular weight excluding hydrogens is 861 g/mol. The van der Waals surface area contributed by atoms with Gasteiger partial charge >= 0.3 is 0 Å². The molecule has 3 heterocycles. The second kappa shape index (κ2) is 21.4. The van der Waals surface area contributed by atoms with Crippen molar-refractivity contribution < 1.29 is 0 Å². The summed E-state index contributed by atoms with van der Waals surface area (Å²) in [6.07, 6.45) is 31.4. The molecule has 1 aliphatic rings. The molecule has 4 nitrogen and oxygen atoms in total. The summed E-state index contributed by atoms with van der Waals surface area (Å²) in [5, 5.41) is 3.86. The Labute approximate surface area is 422 Å².